The Kier molecular flexibility index (Phi) is 7.55. The number of aromatic hydroxyl groups is 1. The lowest BCUT2D eigenvalue weighted by molar-refractivity contribution is 0.236. The van der Waals surface area contributed by atoms with Crippen molar-refractivity contribution in [2.45, 2.75) is 33.7 Å². The van der Waals surface area contributed by atoms with Gasteiger partial charge in [-0.05, 0) is 45.2 Å². The SMILES string of the molecule is CCN(CC)CCCN(CC)Cc1cccc(F)c1O. The van der Waals surface area contributed by atoms with Crippen molar-refractivity contribution in [2.75, 3.05) is 32.7 Å². The number of rotatable bonds is 9. The molecule has 0 bridgehead atoms. The second kappa shape index (κ2) is 8.93. The van der Waals surface area contributed by atoms with E-state index >= 15 is 0 Å². The van der Waals surface area contributed by atoms with Crippen molar-refractivity contribution >= 4 is 0 Å². The van der Waals surface area contributed by atoms with Crippen LogP contribution in [-0.4, -0.2) is 47.6 Å². The van der Waals surface area contributed by atoms with Gasteiger partial charge in [-0.1, -0.05) is 32.9 Å². The van der Waals surface area contributed by atoms with E-state index in [9.17, 15) is 9.50 Å². The Morgan fingerprint density at radius 2 is 1.60 bits per heavy atom. The third-order valence-electron chi connectivity index (χ3n) is 3.75. The van der Waals surface area contributed by atoms with Gasteiger partial charge in [0, 0.05) is 12.1 Å². The Hall–Kier alpha value is -1.13. The van der Waals surface area contributed by atoms with E-state index < -0.39 is 5.82 Å². The molecule has 0 aromatic heterocycles. The molecule has 0 radical (unpaired) electrons. The first kappa shape index (κ1) is 16.9. The van der Waals surface area contributed by atoms with Crippen LogP contribution in [0.2, 0.25) is 0 Å². The van der Waals surface area contributed by atoms with E-state index in [-0.39, 0.29) is 5.75 Å². The highest BCUT2D eigenvalue weighted by Gasteiger charge is 2.10. The molecular weight excluding hydrogens is 255 g/mol. The number of para-hydroxylation sites is 1. The van der Waals surface area contributed by atoms with Gasteiger partial charge in [0.15, 0.2) is 11.6 Å². The van der Waals surface area contributed by atoms with Crippen molar-refractivity contribution in [3.63, 3.8) is 0 Å². The maximum absolute atomic E-state index is 13.3. The Balaban J connectivity index is 2.49. The zero-order valence-corrected chi connectivity index (χ0v) is 12.9. The van der Waals surface area contributed by atoms with Crippen molar-refractivity contribution in [3.05, 3.63) is 29.6 Å². The number of hydrogen-bond acceptors (Lipinski definition) is 3. The Morgan fingerprint density at radius 3 is 2.20 bits per heavy atom. The maximum Gasteiger partial charge on any atom is 0.165 e. The third-order valence-corrected chi connectivity index (χ3v) is 3.75. The molecule has 0 fully saturated rings. The van der Waals surface area contributed by atoms with E-state index in [1.807, 2.05) is 0 Å². The fourth-order valence-corrected chi connectivity index (χ4v) is 2.34. The summed E-state index contributed by atoms with van der Waals surface area (Å²) in [4.78, 5) is 4.63. The van der Waals surface area contributed by atoms with Gasteiger partial charge in [-0.25, -0.2) is 4.39 Å². The van der Waals surface area contributed by atoms with Gasteiger partial charge in [-0.15, -0.1) is 0 Å². The Labute approximate surface area is 122 Å². The summed E-state index contributed by atoms with van der Waals surface area (Å²) in [5.74, 6) is -0.753. The lowest BCUT2D eigenvalue weighted by Crippen LogP contribution is -2.29. The van der Waals surface area contributed by atoms with Gasteiger partial charge >= 0.3 is 0 Å². The largest absolute Gasteiger partial charge is 0.505 e. The van der Waals surface area contributed by atoms with E-state index in [2.05, 4.69) is 30.6 Å². The molecule has 4 heteroatoms. The molecule has 1 rings (SSSR count). The van der Waals surface area contributed by atoms with Gasteiger partial charge in [-0.2, -0.15) is 0 Å². The summed E-state index contributed by atoms with van der Waals surface area (Å²) in [5, 5.41) is 9.72. The summed E-state index contributed by atoms with van der Waals surface area (Å²) < 4.78 is 13.3. The van der Waals surface area contributed by atoms with E-state index in [1.54, 1.807) is 12.1 Å². The molecule has 20 heavy (non-hydrogen) atoms. The van der Waals surface area contributed by atoms with Gasteiger partial charge < -0.3 is 10.0 Å². The van der Waals surface area contributed by atoms with Crippen LogP contribution in [0.15, 0.2) is 18.2 Å². The zero-order valence-electron chi connectivity index (χ0n) is 12.9. The first-order valence-electron chi connectivity index (χ1n) is 7.53. The molecule has 1 aromatic carbocycles. The van der Waals surface area contributed by atoms with Crippen LogP contribution in [0.4, 0.5) is 4.39 Å². The number of phenolic OH excluding ortho intramolecular Hbond substituents is 1. The topological polar surface area (TPSA) is 26.7 Å². The number of nitrogens with zero attached hydrogens (tertiary/aromatic N) is 2. The predicted octanol–water partition coefficient (Wildman–Crippen LogP) is 3.09. The molecule has 0 aliphatic heterocycles. The van der Waals surface area contributed by atoms with Crippen LogP contribution in [0, 0.1) is 5.82 Å². The summed E-state index contributed by atoms with van der Waals surface area (Å²) in [6, 6.07) is 4.72. The molecule has 0 atom stereocenters. The highest BCUT2D eigenvalue weighted by Crippen LogP contribution is 2.22. The van der Waals surface area contributed by atoms with Crippen molar-refractivity contribution in [1.29, 1.82) is 0 Å². The van der Waals surface area contributed by atoms with Gasteiger partial charge in [0.25, 0.3) is 0 Å². The van der Waals surface area contributed by atoms with Crippen LogP contribution in [0.25, 0.3) is 0 Å². The lowest BCUT2D eigenvalue weighted by atomic mass is 10.1. The zero-order chi connectivity index (χ0) is 15.0. The number of benzene rings is 1. The molecule has 1 N–H and O–H groups in total. The van der Waals surface area contributed by atoms with Crippen LogP contribution in [0.5, 0.6) is 5.75 Å². The molecular formula is C16H27FN2O. The highest BCUT2D eigenvalue weighted by atomic mass is 19.1. The van der Waals surface area contributed by atoms with E-state index in [0.717, 1.165) is 39.1 Å². The first-order valence-corrected chi connectivity index (χ1v) is 7.53. The van der Waals surface area contributed by atoms with Gasteiger partial charge in [0.2, 0.25) is 0 Å². The van der Waals surface area contributed by atoms with E-state index in [0.29, 0.717) is 12.1 Å². The molecule has 114 valence electrons. The van der Waals surface area contributed by atoms with Crippen molar-refractivity contribution in [3.8, 4) is 5.75 Å². The molecule has 0 saturated carbocycles. The average molecular weight is 282 g/mol. The normalized spacial score (nSPS) is 11.5. The first-order chi connectivity index (χ1) is 9.62. The molecule has 0 heterocycles. The minimum atomic E-state index is -0.540. The van der Waals surface area contributed by atoms with Crippen LogP contribution in [0.1, 0.15) is 32.8 Å². The van der Waals surface area contributed by atoms with Crippen molar-refractivity contribution in [2.24, 2.45) is 0 Å². The third kappa shape index (κ3) is 5.10. The smallest absolute Gasteiger partial charge is 0.165 e. The van der Waals surface area contributed by atoms with Crippen molar-refractivity contribution < 1.29 is 9.50 Å². The monoisotopic (exact) mass is 282 g/mol. The quantitative estimate of drug-likeness (QED) is 0.754. The van der Waals surface area contributed by atoms with Crippen LogP contribution < -0.4 is 0 Å². The number of hydrogen-bond donors (Lipinski definition) is 1. The van der Waals surface area contributed by atoms with Crippen LogP contribution in [-0.2, 0) is 6.54 Å². The van der Waals surface area contributed by atoms with Crippen LogP contribution in [0.3, 0.4) is 0 Å². The molecule has 0 aliphatic carbocycles. The molecule has 0 amide bonds. The van der Waals surface area contributed by atoms with E-state index in [4.69, 9.17) is 0 Å². The maximum atomic E-state index is 13.3. The second-order valence-electron chi connectivity index (χ2n) is 5.00. The molecule has 1 aromatic rings. The number of phenols is 1. The van der Waals surface area contributed by atoms with Gasteiger partial charge in [0.05, 0.1) is 0 Å². The fourth-order valence-electron chi connectivity index (χ4n) is 2.34. The average Bonchev–Trinajstić information content (AvgIpc) is 2.46. The Morgan fingerprint density at radius 1 is 1.00 bits per heavy atom. The molecule has 0 spiro atoms. The fraction of sp³-hybridized carbons (Fsp3) is 0.625. The minimum Gasteiger partial charge on any atom is -0.505 e. The predicted molar refractivity (Wildman–Crippen MR) is 81.4 cm³/mol. The molecule has 0 unspecified atom stereocenters. The van der Waals surface area contributed by atoms with Gasteiger partial charge in [0.1, 0.15) is 0 Å². The minimum absolute atomic E-state index is 0.213. The van der Waals surface area contributed by atoms with E-state index in [1.165, 1.54) is 6.07 Å². The lowest BCUT2D eigenvalue weighted by Gasteiger charge is -2.23. The van der Waals surface area contributed by atoms with Gasteiger partial charge in [-0.3, -0.25) is 4.90 Å². The highest BCUT2D eigenvalue weighted by molar-refractivity contribution is 5.33. The summed E-state index contributed by atoms with van der Waals surface area (Å²) in [5.41, 5.74) is 0.662. The summed E-state index contributed by atoms with van der Waals surface area (Å²) in [6.07, 6.45) is 1.09. The van der Waals surface area contributed by atoms with Crippen LogP contribution >= 0.6 is 0 Å². The Bertz CT molecular complexity index is 394. The standard InChI is InChI=1S/C16H27FN2O/c1-4-18(5-2)11-8-12-19(6-3)13-14-9-7-10-15(17)16(14)20/h7,9-10,20H,4-6,8,11-13H2,1-3H3. The molecule has 3 nitrogen and oxygen atoms in total. The number of halogens is 1. The van der Waals surface area contributed by atoms with Crippen molar-refractivity contribution in [1.82, 2.24) is 9.80 Å². The summed E-state index contributed by atoms with van der Waals surface area (Å²) in [6.45, 7) is 12.1. The second-order valence-corrected chi connectivity index (χ2v) is 5.00. The molecule has 0 saturated heterocycles. The molecule has 0 aliphatic rings. The summed E-state index contributed by atoms with van der Waals surface area (Å²) in [7, 11) is 0. The summed E-state index contributed by atoms with van der Waals surface area (Å²) >= 11 is 0.